The summed E-state index contributed by atoms with van der Waals surface area (Å²) >= 11 is 0. The van der Waals surface area contributed by atoms with E-state index in [1.54, 1.807) is 18.2 Å². The molecule has 1 rings (SSSR count). The first-order valence-electron chi connectivity index (χ1n) is 3.37. The summed E-state index contributed by atoms with van der Waals surface area (Å²) in [5.41, 5.74) is 0.317. The van der Waals surface area contributed by atoms with Crippen molar-refractivity contribution in [1.29, 1.82) is 0 Å². The lowest BCUT2D eigenvalue weighted by Crippen LogP contribution is -2.07. The van der Waals surface area contributed by atoms with Crippen molar-refractivity contribution < 1.29 is 18.6 Å². The molecule has 0 amide bonds. The highest BCUT2D eigenvalue weighted by Crippen LogP contribution is 2.16. The molecule has 12 heavy (non-hydrogen) atoms. The molecule has 0 aliphatic carbocycles. The first-order chi connectivity index (χ1) is 5.70. The second-order valence-electron chi connectivity index (χ2n) is 2.16. The fourth-order valence-corrected chi connectivity index (χ4v) is 0.794. The Balaban J connectivity index is 2.59. The average molecular weight is 174 g/mol. The van der Waals surface area contributed by atoms with Gasteiger partial charge in [-0.15, -0.1) is 0 Å². The van der Waals surface area contributed by atoms with Crippen molar-refractivity contribution in [1.82, 2.24) is 0 Å². The van der Waals surface area contributed by atoms with Crippen LogP contribution in [0.4, 0.5) is 8.78 Å². The van der Waals surface area contributed by atoms with E-state index >= 15 is 0 Å². The summed E-state index contributed by atoms with van der Waals surface area (Å²) in [5.74, 6) is 0. The molecule has 0 saturated carbocycles. The second kappa shape index (κ2) is 4.13. The zero-order valence-electron chi connectivity index (χ0n) is 6.15. The Morgan fingerprint density at radius 3 is 2.25 bits per heavy atom. The van der Waals surface area contributed by atoms with E-state index in [9.17, 15) is 8.78 Å². The maximum atomic E-state index is 11.6. The third kappa shape index (κ3) is 2.56. The van der Waals surface area contributed by atoms with Gasteiger partial charge in [0.15, 0.2) is 6.29 Å². The molecule has 0 spiro atoms. The van der Waals surface area contributed by atoms with Crippen molar-refractivity contribution in [2.45, 2.75) is 12.9 Å². The topological polar surface area (TPSA) is 29.5 Å². The fraction of sp³-hybridized carbons (Fsp3) is 0.250. The number of alkyl halides is 2. The van der Waals surface area contributed by atoms with Gasteiger partial charge in [-0.2, -0.15) is 8.78 Å². The summed E-state index contributed by atoms with van der Waals surface area (Å²) in [7, 11) is 0. The van der Waals surface area contributed by atoms with Crippen LogP contribution in [0.5, 0.6) is 0 Å². The molecule has 0 heterocycles. The highest BCUT2D eigenvalue weighted by molar-refractivity contribution is 5.15. The molecular weight excluding hydrogens is 166 g/mol. The van der Waals surface area contributed by atoms with Crippen molar-refractivity contribution in [3.8, 4) is 0 Å². The van der Waals surface area contributed by atoms with Gasteiger partial charge in [0.25, 0.3) is 0 Å². The Morgan fingerprint density at radius 2 is 1.75 bits per heavy atom. The molecular formula is C8H8F2O2. The summed E-state index contributed by atoms with van der Waals surface area (Å²) in [6, 6.07) is 8.00. The first-order valence-corrected chi connectivity index (χ1v) is 3.37. The molecule has 0 saturated heterocycles. The molecule has 1 unspecified atom stereocenters. The molecule has 0 aliphatic heterocycles. The van der Waals surface area contributed by atoms with E-state index in [4.69, 9.17) is 5.11 Å². The Morgan fingerprint density at radius 1 is 1.17 bits per heavy atom. The molecule has 1 atom stereocenters. The van der Waals surface area contributed by atoms with Crippen LogP contribution in [0.1, 0.15) is 11.9 Å². The van der Waals surface area contributed by atoms with Gasteiger partial charge in [-0.25, -0.2) is 0 Å². The molecule has 0 aromatic heterocycles. The van der Waals surface area contributed by atoms with E-state index in [2.05, 4.69) is 4.74 Å². The summed E-state index contributed by atoms with van der Waals surface area (Å²) in [6.07, 6.45) is -1.55. The van der Waals surface area contributed by atoms with E-state index in [1.165, 1.54) is 12.1 Å². The first kappa shape index (κ1) is 9.09. The number of aliphatic hydroxyl groups excluding tert-OH is 1. The monoisotopic (exact) mass is 174 g/mol. The number of ether oxygens (including phenoxy) is 1. The van der Waals surface area contributed by atoms with Crippen molar-refractivity contribution in [2.75, 3.05) is 0 Å². The van der Waals surface area contributed by atoms with Crippen molar-refractivity contribution in [3.05, 3.63) is 35.9 Å². The van der Waals surface area contributed by atoms with Crippen molar-refractivity contribution in [2.24, 2.45) is 0 Å². The van der Waals surface area contributed by atoms with Gasteiger partial charge in [0.05, 0.1) is 0 Å². The summed E-state index contributed by atoms with van der Waals surface area (Å²) in [4.78, 5) is 0. The molecule has 0 radical (unpaired) electrons. The van der Waals surface area contributed by atoms with E-state index in [1.807, 2.05) is 0 Å². The fourth-order valence-electron chi connectivity index (χ4n) is 0.794. The summed E-state index contributed by atoms with van der Waals surface area (Å²) in [5, 5.41) is 8.99. The predicted molar refractivity (Wildman–Crippen MR) is 38.5 cm³/mol. The number of halogens is 2. The zero-order chi connectivity index (χ0) is 8.97. The maximum absolute atomic E-state index is 11.6. The average Bonchev–Trinajstić information content (AvgIpc) is 2.05. The second-order valence-corrected chi connectivity index (χ2v) is 2.16. The minimum Gasteiger partial charge on any atom is -0.364 e. The summed E-state index contributed by atoms with van der Waals surface area (Å²) < 4.78 is 27.0. The minimum absolute atomic E-state index is 0.317. The molecule has 1 aromatic carbocycles. The standard InChI is InChI=1S/C8H8F2O2/c9-8(10)12-7(11)6-4-2-1-3-5-6/h1-5,7-8,11H. The van der Waals surface area contributed by atoms with Crippen LogP contribution >= 0.6 is 0 Å². The normalized spacial score (nSPS) is 13.3. The Labute approximate surface area is 68.4 Å². The number of hydrogen-bond donors (Lipinski definition) is 1. The van der Waals surface area contributed by atoms with E-state index in [0.717, 1.165) is 0 Å². The van der Waals surface area contributed by atoms with Crippen molar-refractivity contribution in [3.63, 3.8) is 0 Å². The maximum Gasteiger partial charge on any atom is 0.347 e. The van der Waals surface area contributed by atoms with Crippen LogP contribution in [0, 0.1) is 0 Å². The van der Waals surface area contributed by atoms with Crippen LogP contribution in [0.3, 0.4) is 0 Å². The van der Waals surface area contributed by atoms with Crippen LogP contribution < -0.4 is 0 Å². The van der Waals surface area contributed by atoms with Gasteiger partial charge in [0, 0.05) is 5.56 Å². The molecule has 4 heteroatoms. The van der Waals surface area contributed by atoms with Gasteiger partial charge in [0.1, 0.15) is 0 Å². The number of rotatable bonds is 3. The van der Waals surface area contributed by atoms with Crippen LogP contribution in [0.15, 0.2) is 30.3 Å². The van der Waals surface area contributed by atoms with Gasteiger partial charge in [-0.3, -0.25) is 4.74 Å². The van der Waals surface area contributed by atoms with E-state index in [-0.39, 0.29) is 0 Å². The predicted octanol–water partition coefficient (Wildman–Crippen LogP) is 1.92. The highest BCUT2D eigenvalue weighted by atomic mass is 19.3. The lowest BCUT2D eigenvalue weighted by molar-refractivity contribution is -0.231. The number of hydrogen-bond acceptors (Lipinski definition) is 2. The smallest absolute Gasteiger partial charge is 0.347 e. The highest BCUT2D eigenvalue weighted by Gasteiger charge is 2.12. The van der Waals surface area contributed by atoms with E-state index < -0.39 is 12.9 Å². The minimum atomic E-state index is -2.96. The quantitative estimate of drug-likeness (QED) is 0.709. The number of aliphatic hydroxyl groups is 1. The molecule has 66 valence electrons. The SMILES string of the molecule is OC(OC(F)F)c1ccccc1. The van der Waals surface area contributed by atoms with Gasteiger partial charge < -0.3 is 5.11 Å². The molecule has 0 bridgehead atoms. The third-order valence-corrected chi connectivity index (χ3v) is 1.32. The van der Waals surface area contributed by atoms with Crippen LogP contribution in [0.25, 0.3) is 0 Å². The van der Waals surface area contributed by atoms with Crippen LogP contribution in [0.2, 0.25) is 0 Å². The Hall–Kier alpha value is -1.00. The van der Waals surface area contributed by atoms with Gasteiger partial charge in [-0.1, -0.05) is 30.3 Å². The summed E-state index contributed by atoms with van der Waals surface area (Å²) in [6.45, 7) is -2.96. The van der Waals surface area contributed by atoms with Gasteiger partial charge in [-0.05, 0) is 0 Å². The van der Waals surface area contributed by atoms with Gasteiger partial charge >= 0.3 is 6.61 Å². The molecule has 1 aromatic rings. The molecule has 0 aliphatic rings. The van der Waals surface area contributed by atoms with Crippen LogP contribution in [-0.2, 0) is 4.74 Å². The van der Waals surface area contributed by atoms with Crippen LogP contribution in [-0.4, -0.2) is 11.7 Å². The molecule has 1 N–H and O–H groups in total. The van der Waals surface area contributed by atoms with E-state index in [0.29, 0.717) is 5.56 Å². The number of benzene rings is 1. The Kier molecular flexibility index (Phi) is 3.13. The third-order valence-electron chi connectivity index (χ3n) is 1.32. The van der Waals surface area contributed by atoms with Crippen molar-refractivity contribution >= 4 is 0 Å². The molecule has 2 nitrogen and oxygen atoms in total. The lowest BCUT2D eigenvalue weighted by Gasteiger charge is -2.10. The lowest BCUT2D eigenvalue weighted by atomic mass is 10.2. The molecule has 0 fully saturated rings. The Bertz CT molecular complexity index is 226. The van der Waals surface area contributed by atoms with Gasteiger partial charge in [0.2, 0.25) is 0 Å². The zero-order valence-corrected chi connectivity index (χ0v) is 6.15. The largest absolute Gasteiger partial charge is 0.364 e.